The highest BCUT2D eigenvalue weighted by atomic mass is 16.5. The van der Waals surface area contributed by atoms with E-state index in [2.05, 4.69) is 32.7 Å². The topological polar surface area (TPSA) is 76.4 Å². The first-order chi connectivity index (χ1) is 13.3. The third-order valence-corrected chi connectivity index (χ3v) is 3.97. The molecule has 0 atom stereocenters. The van der Waals surface area contributed by atoms with Gasteiger partial charge in [-0.1, -0.05) is 35.9 Å². The number of hydrogen-bond donors (Lipinski definition) is 2. The summed E-state index contributed by atoms with van der Waals surface area (Å²) in [6.07, 6.45) is 1.71. The van der Waals surface area contributed by atoms with Crippen LogP contribution in [-0.2, 0) is 6.54 Å². The Kier molecular flexibility index (Phi) is 6.40. The number of aliphatic imine (C=N–C) groups is 1. The van der Waals surface area contributed by atoms with E-state index in [0.717, 1.165) is 17.3 Å². The van der Waals surface area contributed by atoms with Gasteiger partial charge in [-0.25, -0.2) is 0 Å². The summed E-state index contributed by atoms with van der Waals surface area (Å²) in [5.74, 6) is 2.35. The fraction of sp³-hybridized carbons (Fsp3) is 0.250. The van der Waals surface area contributed by atoms with Crippen LogP contribution in [0.2, 0.25) is 0 Å². The Bertz CT molecular complexity index is 858. The molecule has 7 nitrogen and oxygen atoms in total. The molecule has 3 rings (SSSR count). The molecule has 0 aliphatic heterocycles. The molecule has 140 valence electrons. The van der Waals surface area contributed by atoms with Gasteiger partial charge in [0.2, 0.25) is 0 Å². The first-order valence-corrected chi connectivity index (χ1v) is 8.84. The molecule has 0 aliphatic carbocycles. The summed E-state index contributed by atoms with van der Waals surface area (Å²) in [4.78, 5) is 4.23. The van der Waals surface area contributed by atoms with Gasteiger partial charge in [-0.2, -0.15) is 0 Å². The summed E-state index contributed by atoms with van der Waals surface area (Å²) in [7, 11) is 1.73. The van der Waals surface area contributed by atoms with Crippen LogP contribution in [0.5, 0.6) is 5.75 Å². The van der Waals surface area contributed by atoms with Crippen LogP contribution in [0.15, 0.2) is 65.9 Å². The summed E-state index contributed by atoms with van der Waals surface area (Å²) >= 11 is 0. The first-order valence-electron chi connectivity index (χ1n) is 8.84. The maximum Gasteiger partial charge on any atom is 0.191 e. The molecule has 3 aromatic rings. The van der Waals surface area contributed by atoms with Crippen molar-refractivity contribution in [2.75, 3.05) is 20.2 Å². The average molecular weight is 364 g/mol. The number of benzene rings is 2. The Morgan fingerprint density at radius 1 is 1.07 bits per heavy atom. The van der Waals surface area contributed by atoms with Gasteiger partial charge < -0.3 is 15.4 Å². The number of hydrogen-bond acceptors (Lipinski definition) is 4. The standard InChI is InChI=1S/C20H24N6O/c1-16-8-10-18(11-9-16)27-13-12-22-20(21-2)23-14-19-25-24-15-26(19)17-6-4-3-5-7-17/h3-11,15H,12-14H2,1-2H3,(H2,21,22,23). The van der Waals surface area contributed by atoms with Crippen LogP contribution in [-0.4, -0.2) is 40.9 Å². The van der Waals surface area contributed by atoms with Crippen molar-refractivity contribution < 1.29 is 4.74 Å². The second-order valence-corrected chi connectivity index (χ2v) is 5.97. The van der Waals surface area contributed by atoms with E-state index in [1.165, 1.54) is 5.56 Å². The molecule has 0 unspecified atom stereocenters. The van der Waals surface area contributed by atoms with E-state index in [0.29, 0.717) is 25.7 Å². The Morgan fingerprint density at radius 3 is 2.59 bits per heavy atom. The molecule has 0 saturated heterocycles. The van der Waals surface area contributed by atoms with Gasteiger partial charge in [0.1, 0.15) is 18.7 Å². The van der Waals surface area contributed by atoms with Crippen molar-refractivity contribution in [3.63, 3.8) is 0 Å². The Morgan fingerprint density at radius 2 is 1.85 bits per heavy atom. The molecule has 0 amide bonds. The van der Waals surface area contributed by atoms with Crippen LogP contribution in [0.1, 0.15) is 11.4 Å². The van der Waals surface area contributed by atoms with Gasteiger partial charge in [-0.05, 0) is 31.2 Å². The molecule has 1 aromatic heterocycles. The average Bonchev–Trinajstić information content (AvgIpc) is 3.18. The molecule has 0 radical (unpaired) electrons. The molecule has 7 heteroatoms. The molecular formula is C20H24N6O. The molecule has 2 aromatic carbocycles. The molecule has 0 saturated carbocycles. The number of para-hydroxylation sites is 1. The lowest BCUT2D eigenvalue weighted by Crippen LogP contribution is -2.39. The van der Waals surface area contributed by atoms with E-state index in [-0.39, 0.29) is 0 Å². The Balaban J connectivity index is 1.46. The lowest BCUT2D eigenvalue weighted by atomic mass is 10.2. The number of ether oxygens (including phenoxy) is 1. The highest BCUT2D eigenvalue weighted by Crippen LogP contribution is 2.11. The van der Waals surface area contributed by atoms with Gasteiger partial charge >= 0.3 is 0 Å². The molecule has 0 fully saturated rings. The zero-order chi connectivity index (χ0) is 18.9. The molecule has 0 aliphatic rings. The van der Waals surface area contributed by atoms with Crippen molar-refractivity contribution in [3.8, 4) is 11.4 Å². The number of nitrogens with one attached hydrogen (secondary N) is 2. The summed E-state index contributed by atoms with van der Waals surface area (Å²) in [6.45, 7) is 3.75. The van der Waals surface area contributed by atoms with E-state index in [9.17, 15) is 0 Å². The fourth-order valence-corrected chi connectivity index (χ4v) is 2.54. The molecule has 0 spiro atoms. The number of nitrogens with zero attached hydrogens (tertiary/aromatic N) is 4. The van der Waals surface area contributed by atoms with E-state index >= 15 is 0 Å². The van der Waals surface area contributed by atoms with E-state index in [1.807, 2.05) is 59.2 Å². The summed E-state index contributed by atoms with van der Waals surface area (Å²) in [6, 6.07) is 18.0. The third-order valence-electron chi connectivity index (χ3n) is 3.97. The second kappa shape index (κ2) is 9.38. The number of guanidine groups is 1. The van der Waals surface area contributed by atoms with Crippen molar-refractivity contribution in [3.05, 3.63) is 72.3 Å². The number of aromatic nitrogens is 3. The maximum absolute atomic E-state index is 5.71. The second-order valence-electron chi connectivity index (χ2n) is 5.97. The highest BCUT2D eigenvalue weighted by Gasteiger charge is 2.07. The van der Waals surface area contributed by atoms with Crippen LogP contribution in [0.25, 0.3) is 5.69 Å². The van der Waals surface area contributed by atoms with Crippen molar-refractivity contribution in [2.45, 2.75) is 13.5 Å². The quantitative estimate of drug-likeness (QED) is 0.382. The fourth-order valence-electron chi connectivity index (χ4n) is 2.54. The highest BCUT2D eigenvalue weighted by molar-refractivity contribution is 5.79. The molecule has 1 heterocycles. The summed E-state index contributed by atoms with van der Waals surface area (Å²) in [5.41, 5.74) is 2.24. The van der Waals surface area contributed by atoms with Crippen LogP contribution in [0.4, 0.5) is 0 Å². The van der Waals surface area contributed by atoms with Gasteiger partial charge in [0.05, 0.1) is 13.1 Å². The van der Waals surface area contributed by atoms with Crippen LogP contribution in [0.3, 0.4) is 0 Å². The normalized spacial score (nSPS) is 11.3. The van der Waals surface area contributed by atoms with E-state index in [4.69, 9.17) is 4.74 Å². The number of rotatable bonds is 7. The molecular weight excluding hydrogens is 340 g/mol. The van der Waals surface area contributed by atoms with Gasteiger partial charge in [-0.3, -0.25) is 9.56 Å². The zero-order valence-electron chi connectivity index (χ0n) is 15.6. The predicted octanol–water partition coefficient (Wildman–Crippen LogP) is 2.32. The van der Waals surface area contributed by atoms with Crippen molar-refractivity contribution in [2.24, 2.45) is 4.99 Å². The first kappa shape index (κ1) is 18.4. The minimum Gasteiger partial charge on any atom is -0.492 e. The lowest BCUT2D eigenvalue weighted by Gasteiger charge is -2.13. The van der Waals surface area contributed by atoms with Crippen LogP contribution < -0.4 is 15.4 Å². The third kappa shape index (κ3) is 5.31. The van der Waals surface area contributed by atoms with Gasteiger partial charge in [0, 0.05) is 12.7 Å². The Labute approximate surface area is 159 Å². The van der Waals surface area contributed by atoms with Crippen molar-refractivity contribution in [1.29, 1.82) is 0 Å². The van der Waals surface area contributed by atoms with Crippen molar-refractivity contribution in [1.82, 2.24) is 25.4 Å². The minimum absolute atomic E-state index is 0.507. The van der Waals surface area contributed by atoms with Crippen molar-refractivity contribution >= 4 is 5.96 Å². The van der Waals surface area contributed by atoms with Crippen LogP contribution in [0, 0.1) is 6.92 Å². The summed E-state index contributed by atoms with van der Waals surface area (Å²) in [5, 5.41) is 14.7. The zero-order valence-corrected chi connectivity index (χ0v) is 15.6. The maximum atomic E-state index is 5.71. The number of aryl methyl sites for hydroxylation is 1. The van der Waals surface area contributed by atoms with E-state index < -0.39 is 0 Å². The summed E-state index contributed by atoms with van der Waals surface area (Å²) < 4.78 is 7.66. The largest absolute Gasteiger partial charge is 0.492 e. The van der Waals surface area contributed by atoms with Crippen LogP contribution >= 0.6 is 0 Å². The van der Waals surface area contributed by atoms with Gasteiger partial charge in [-0.15, -0.1) is 10.2 Å². The smallest absolute Gasteiger partial charge is 0.191 e. The minimum atomic E-state index is 0.507. The molecule has 0 bridgehead atoms. The molecule has 2 N–H and O–H groups in total. The lowest BCUT2D eigenvalue weighted by molar-refractivity contribution is 0.322. The van der Waals surface area contributed by atoms with Gasteiger partial charge in [0.15, 0.2) is 11.8 Å². The van der Waals surface area contributed by atoms with Gasteiger partial charge in [0.25, 0.3) is 0 Å². The predicted molar refractivity (Wildman–Crippen MR) is 106 cm³/mol. The monoisotopic (exact) mass is 364 g/mol. The molecule has 27 heavy (non-hydrogen) atoms. The Hall–Kier alpha value is -3.35. The SMILES string of the molecule is CN=C(NCCOc1ccc(C)cc1)NCc1nncn1-c1ccccc1. The van der Waals surface area contributed by atoms with E-state index in [1.54, 1.807) is 13.4 Å².